The van der Waals surface area contributed by atoms with Crippen molar-refractivity contribution < 1.29 is 17.6 Å². The van der Waals surface area contributed by atoms with Crippen LogP contribution in [0.5, 0.6) is 0 Å². The van der Waals surface area contributed by atoms with Gasteiger partial charge in [-0.25, -0.2) is 12.8 Å². The molecule has 1 amide bonds. The molecule has 9 heteroatoms. The van der Waals surface area contributed by atoms with Crippen molar-refractivity contribution in [3.05, 3.63) is 29.0 Å². The second-order valence-electron chi connectivity index (χ2n) is 4.88. The van der Waals surface area contributed by atoms with Crippen molar-refractivity contribution in [3.63, 3.8) is 0 Å². The molecule has 1 saturated heterocycles. The summed E-state index contributed by atoms with van der Waals surface area (Å²) in [5.41, 5.74) is 0.268. The minimum atomic E-state index is -3.34. The molecule has 0 spiro atoms. The zero-order chi connectivity index (χ0) is 16.3. The summed E-state index contributed by atoms with van der Waals surface area (Å²) in [5.74, 6) is -1.06. The molecular formula is C13H17ClFN3O3S. The highest BCUT2D eigenvalue weighted by molar-refractivity contribution is 7.89. The van der Waals surface area contributed by atoms with Gasteiger partial charge in [-0.3, -0.25) is 4.79 Å². The first-order chi connectivity index (χ1) is 10.3. The molecule has 2 N–H and O–H groups in total. The van der Waals surface area contributed by atoms with Crippen LogP contribution in [-0.2, 0) is 14.8 Å². The minimum absolute atomic E-state index is 0.0102. The van der Waals surface area contributed by atoms with Crippen LogP contribution in [0.4, 0.5) is 10.1 Å². The first-order valence-electron chi connectivity index (χ1n) is 6.80. The van der Waals surface area contributed by atoms with Gasteiger partial charge in [0.05, 0.1) is 10.8 Å². The lowest BCUT2D eigenvalue weighted by molar-refractivity contribution is -0.118. The summed E-state index contributed by atoms with van der Waals surface area (Å²) in [7, 11) is -3.34. The molecule has 0 aliphatic carbocycles. The number of amides is 1. The number of carbonyl (C=O) groups is 1. The standard InChI is InChI=1S/C13H17ClFN3O3S/c1-2-22(20,21)18-6-5-16-12(8-18)13(19)17-9-3-4-10(14)11(15)7-9/h3-4,7,12,16H,2,5-6,8H2,1H3,(H,17,19). The van der Waals surface area contributed by atoms with Crippen molar-refractivity contribution >= 4 is 33.2 Å². The predicted molar refractivity (Wildman–Crippen MR) is 82.9 cm³/mol. The number of piperazine rings is 1. The van der Waals surface area contributed by atoms with E-state index in [-0.39, 0.29) is 23.0 Å². The fraction of sp³-hybridized carbons (Fsp3) is 0.462. The van der Waals surface area contributed by atoms with E-state index in [9.17, 15) is 17.6 Å². The van der Waals surface area contributed by atoms with Crippen molar-refractivity contribution in [2.24, 2.45) is 0 Å². The number of nitrogens with one attached hydrogen (secondary N) is 2. The second-order valence-corrected chi connectivity index (χ2v) is 7.55. The van der Waals surface area contributed by atoms with Gasteiger partial charge in [-0.1, -0.05) is 11.6 Å². The highest BCUT2D eigenvalue weighted by atomic mass is 35.5. The Morgan fingerprint density at radius 2 is 2.27 bits per heavy atom. The third-order valence-corrected chi connectivity index (χ3v) is 5.55. The third-order valence-electron chi connectivity index (χ3n) is 3.40. The Bertz CT molecular complexity index is 668. The topological polar surface area (TPSA) is 78.5 Å². The second kappa shape index (κ2) is 6.91. The van der Waals surface area contributed by atoms with Crippen molar-refractivity contribution in [2.75, 3.05) is 30.7 Å². The molecule has 1 aromatic rings. The minimum Gasteiger partial charge on any atom is -0.325 e. The van der Waals surface area contributed by atoms with Gasteiger partial charge in [-0.2, -0.15) is 4.31 Å². The Hall–Kier alpha value is -1.22. The largest absolute Gasteiger partial charge is 0.325 e. The van der Waals surface area contributed by atoms with Crippen LogP contribution in [0, 0.1) is 5.82 Å². The highest BCUT2D eigenvalue weighted by Gasteiger charge is 2.31. The van der Waals surface area contributed by atoms with Crippen molar-refractivity contribution in [1.29, 1.82) is 0 Å². The molecule has 6 nitrogen and oxygen atoms in total. The lowest BCUT2D eigenvalue weighted by Gasteiger charge is -2.31. The van der Waals surface area contributed by atoms with E-state index in [1.165, 1.54) is 16.4 Å². The molecule has 0 aromatic heterocycles. The smallest absolute Gasteiger partial charge is 0.242 e. The summed E-state index contributed by atoms with van der Waals surface area (Å²) in [6.07, 6.45) is 0. The lowest BCUT2D eigenvalue weighted by atomic mass is 10.2. The SMILES string of the molecule is CCS(=O)(=O)N1CCNC(C(=O)Nc2ccc(Cl)c(F)c2)C1. The van der Waals surface area contributed by atoms with Crippen LogP contribution in [0.2, 0.25) is 5.02 Å². The fourth-order valence-corrected chi connectivity index (χ4v) is 3.37. The van der Waals surface area contributed by atoms with Gasteiger partial charge in [0.2, 0.25) is 15.9 Å². The number of carbonyl (C=O) groups excluding carboxylic acids is 1. The highest BCUT2D eigenvalue weighted by Crippen LogP contribution is 2.19. The van der Waals surface area contributed by atoms with E-state index >= 15 is 0 Å². The van der Waals surface area contributed by atoms with E-state index < -0.39 is 27.8 Å². The zero-order valence-electron chi connectivity index (χ0n) is 12.0. The Morgan fingerprint density at radius 1 is 1.55 bits per heavy atom. The summed E-state index contributed by atoms with van der Waals surface area (Å²) in [6.45, 7) is 2.32. The Kier molecular flexibility index (Phi) is 5.38. The van der Waals surface area contributed by atoms with Gasteiger partial charge in [0.25, 0.3) is 0 Å². The predicted octanol–water partition coefficient (Wildman–Crippen LogP) is 1.04. The average molecular weight is 350 g/mol. The first kappa shape index (κ1) is 17.1. The molecular weight excluding hydrogens is 333 g/mol. The number of nitrogens with zero attached hydrogens (tertiary/aromatic N) is 1. The molecule has 1 aliphatic rings. The molecule has 1 unspecified atom stereocenters. The van der Waals surface area contributed by atoms with Crippen molar-refractivity contribution in [3.8, 4) is 0 Å². The maximum atomic E-state index is 13.3. The normalized spacial score (nSPS) is 19.9. The van der Waals surface area contributed by atoms with Gasteiger partial charge in [-0.15, -0.1) is 0 Å². The number of hydrogen-bond acceptors (Lipinski definition) is 4. The number of hydrogen-bond donors (Lipinski definition) is 2. The van der Waals surface area contributed by atoms with Crippen molar-refractivity contribution in [1.82, 2.24) is 9.62 Å². The Morgan fingerprint density at radius 3 is 2.91 bits per heavy atom. The van der Waals surface area contributed by atoms with Crippen LogP contribution in [0.1, 0.15) is 6.92 Å². The van der Waals surface area contributed by atoms with Crippen LogP contribution in [0.25, 0.3) is 0 Å². The summed E-state index contributed by atoms with van der Waals surface area (Å²) >= 11 is 5.58. The molecule has 2 rings (SSSR count). The van der Waals surface area contributed by atoms with Gasteiger partial charge in [0.15, 0.2) is 0 Å². The molecule has 1 aliphatic heterocycles. The van der Waals surface area contributed by atoms with E-state index in [0.717, 1.165) is 6.07 Å². The molecule has 1 atom stereocenters. The molecule has 1 heterocycles. The van der Waals surface area contributed by atoms with Crippen LogP contribution < -0.4 is 10.6 Å². The summed E-state index contributed by atoms with van der Waals surface area (Å²) < 4.78 is 38.4. The molecule has 22 heavy (non-hydrogen) atoms. The Labute approximate surface area is 133 Å². The van der Waals surface area contributed by atoms with Crippen molar-refractivity contribution in [2.45, 2.75) is 13.0 Å². The quantitative estimate of drug-likeness (QED) is 0.851. The van der Waals surface area contributed by atoms with E-state index in [2.05, 4.69) is 10.6 Å². The maximum absolute atomic E-state index is 13.3. The third kappa shape index (κ3) is 3.95. The monoisotopic (exact) mass is 349 g/mol. The van der Waals surface area contributed by atoms with Gasteiger partial charge in [0, 0.05) is 25.3 Å². The van der Waals surface area contributed by atoms with Crippen LogP contribution in [0.3, 0.4) is 0 Å². The molecule has 122 valence electrons. The first-order valence-corrected chi connectivity index (χ1v) is 8.79. The molecule has 1 aromatic carbocycles. The maximum Gasteiger partial charge on any atom is 0.242 e. The number of anilines is 1. The van der Waals surface area contributed by atoms with E-state index in [4.69, 9.17) is 11.6 Å². The van der Waals surface area contributed by atoms with Crippen LogP contribution in [-0.4, -0.2) is 50.1 Å². The molecule has 0 radical (unpaired) electrons. The van der Waals surface area contributed by atoms with E-state index in [1.54, 1.807) is 6.92 Å². The van der Waals surface area contributed by atoms with E-state index in [1.807, 2.05) is 0 Å². The summed E-state index contributed by atoms with van der Waals surface area (Å²) in [4.78, 5) is 12.2. The van der Waals surface area contributed by atoms with Gasteiger partial charge in [-0.05, 0) is 25.1 Å². The summed E-state index contributed by atoms with van der Waals surface area (Å²) in [6, 6.07) is 3.25. The number of sulfonamides is 1. The Balaban J connectivity index is 2.04. The zero-order valence-corrected chi connectivity index (χ0v) is 13.5. The van der Waals surface area contributed by atoms with Crippen LogP contribution >= 0.6 is 11.6 Å². The fourth-order valence-electron chi connectivity index (χ4n) is 2.14. The van der Waals surface area contributed by atoms with E-state index in [0.29, 0.717) is 13.1 Å². The number of benzene rings is 1. The summed E-state index contributed by atoms with van der Waals surface area (Å²) in [5, 5.41) is 5.47. The number of halogens is 2. The molecule has 1 fully saturated rings. The van der Waals surface area contributed by atoms with Gasteiger partial charge >= 0.3 is 0 Å². The van der Waals surface area contributed by atoms with Gasteiger partial charge < -0.3 is 10.6 Å². The molecule has 0 bridgehead atoms. The van der Waals surface area contributed by atoms with Gasteiger partial charge in [0.1, 0.15) is 11.9 Å². The number of rotatable bonds is 4. The lowest BCUT2D eigenvalue weighted by Crippen LogP contribution is -2.57. The van der Waals surface area contributed by atoms with Crippen LogP contribution in [0.15, 0.2) is 18.2 Å². The molecule has 0 saturated carbocycles. The average Bonchev–Trinajstić information content (AvgIpc) is 2.51.